The fourth-order valence-electron chi connectivity index (χ4n) is 4.10. The summed E-state index contributed by atoms with van der Waals surface area (Å²) < 4.78 is 10.3. The molecule has 1 saturated heterocycles. The molecule has 1 aliphatic heterocycles. The quantitative estimate of drug-likeness (QED) is 0.562. The van der Waals surface area contributed by atoms with Crippen LogP contribution in [-0.2, 0) is 22.5 Å². The number of esters is 1. The molecule has 1 aromatic heterocycles. The van der Waals surface area contributed by atoms with Gasteiger partial charge in [0.1, 0.15) is 11.0 Å². The Labute approximate surface area is 174 Å². The summed E-state index contributed by atoms with van der Waals surface area (Å²) in [5.74, 6) is -0.0996. The van der Waals surface area contributed by atoms with Gasteiger partial charge in [-0.25, -0.2) is 4.63 Å². The zero-order chi connectivity index (χ0) is 20.3. The van der Waals surface area contributed by atoms with Gasteiger partial charge in [0, 0.05) is 11.6 Å². The Kier molecular flexibility index (Phi) is 5.83. The van der Waals surface area contributed by atoms with E-state index in [1.54, 1.807) is 0 Å². The molecule has 0 aliphatic carbocycles. The maximum absolute atomic E-state index is 12.9. The summed E-state index contributed by atoms with van der Waals surface area (Å²) in [6.45, 7) is 4.63. The van der Waals surface area contributed by atoms with Crippen molar-refractivity contribution in [1.29, 1.82) is 0 Å². The molecule has 0 saturated carbocycles. The Bertz CT molecular complexity index is 978. The predicted molar refractivity (Wildman–Crippen MR) is 111 cm³/mol. The van der Waals surface area contributed by atoms with Crippen molar-refractivity contribution in [2.75, 3.05) is 19.7 Å². The Hall–Kier alpha value is -2.44. The minimum absolute atomic E-state index is 0.0996. The summed E-state index contributed by atoms with van der Waals surface area (Å²) in [4.78, 5) is 15.2. The number of aromatic nitrogens is 2. The number of halogens is 1. The fourth-order valence-corrected chi connectivity index (χ4v) is 4.23. The van der Waals surface area contributed by atoms with Crippen molar-refractivity contribution in [1.82, 2.24) is 15.2 Å². The van der Waals surface area contributed by atoms with Gasteiger partial charge in [0.25, 0.3) is 0 Å². The number of benzene rings is 2. The second-order valence-corrected chi connectivity index (χ2v) is 8.07. The molecule has 0 bridgehead atoms. The Morgan fingerprint density at radius 2 is 1.93 bits per heavy atom. The van der Waals surface area contributed by atoms with Gasteiger partial charge in [0.2, 0.25) is 0 Å². The topological polar surface area (TPSA) is 68.5 Å². The number of likely N-dealkylation sites (tertiary alicyclic amines) is 1. The maximum Gasteiger partial charge on any atom is 0.312 e. The van der Waals surface area contributed by atoms with Crippen LogP contribution in [0.3, 0.4) is 0 Å². The number of nitrogens with zero attached hydrogens (tertiary/aromatic N) is 3. The molecule has 0 spiro atoms. The van der Waals surface area contributed by atoms with E-state index in [0.717, 1.165) is 54.6 Å². The fraction of sp³-hybridized carbons (Fsp3) is 0.409. The van der Waals surface area contributed by atoms with Crippen LogP contribution in [0.5, 0.6) is 0 Å². The molecule has 6 nitrogen and oxygen atoms in total. The normalized spacial score (nSPS) is 16.8. The van der Waals surface area contributed by atoms with Crippen molar-refractivity contribution in [3.05, 3.63) is 58.6 Å². The highest BCUT2D eigenvalue weighted by Crippen LogP contribution is 2.37. The van der Waals surface area contributed by atoms with Crippen molar-refractivity contribution in [2.24, 2.45) is 5.41 Å². The van der Waals surface area contributed by atoms with Gasteiger partial charge in [0.15, 0.2) is 0 Å². The van der Waals surface area contributed by atoms with E-state index in [1.807, 2.05) is 49.4 Å². The first-order chi connectivity index (χ1) is 14.1. The van der Waals surface area contributed by atoms with Crippen LogP contribution < -0.4 is 0 Å². The molecule has 0 amide bonds. The molecule has 2 heterocycles. The number of hydrogen-bond acceptors (Lipinski definition) is 6. The summed E-state index contributed by atoms with van der Waals surface area (Å²) in [6, 6.07) is 13.6. The zero-order valence-electron chi connectivity index (χ0n) is 16.4. The Morgan fingerprint density at radius 1 is 1.17 bits per heavy atom. The highest BCUT2D eigenvalue weighted by molar-refractivity contribution is 6.30. The third-order valence-electron chi connectivity index (χ3n) is 5.74. The lowest BCUT2D eigenvalue weighted by Gasteiger charge is -2.40. The molecular weight excluding hydrogens is 390 g/mol. The average molecular weight is 414 g/mol. The first-order valence-electron chi connectivity index (χ1n) is 9.94. The minimum atomic E-state index is -0.498. The summed E-state index contributed by atoms with van der Waals surface area (Å²) in [6.07, 6.45) is 2.17. The molecule has 152 valence electrons. The van der Waals surface area contributed by atoms with Crippen LogP contribution in [0.25, 0.3) is 11.0 Å². The van der Waals surface area contributed by atoms with Gasteiger partial charge in [-0.2, -0.15) is 0 Å². The standard InChI is InChI=1S/C22H24ClN3O3/c1-2-28-21(27)22(14-16-6-8-18(23)9-7-16)10-12-26(13-11-22)15-17-4-3-5-19-20(17)25-29-24-19/h3-9H,2,10-15H2,1H3. The van der Waals surface area contributed by atoms with Crippen LogP contribution in [0.15, 0.2) is 47.1 Å². The molecule has 1 aliphatic rings. The predicted octanol–water partition coefficient (Wildman–Crippen LogP) is 4.26. The highest BCUT2D eigenvalue weighted by atomic mass is 35.5. The molecule has 4 rings (SSSR count). The number of ether oxygens (including phenoxy) is 1. The SMILES string of the molecule is CCOC(=O)C1(Cc2ccc(Cl)cc2)CCN(Cc2cccc3nonc23)CC1. The van der Waals surface area contributed by atoms with Gasteiger partial charge in [-0.05, 0) is 78.9 Å². The lowest BCUT2D eigenvalue weighted by molar-refractivity contribution is -0.158. The molecule has 7 heteroatoms. The van der Waals surface area contributed by atoms with Crippen LogP contribution in [0, 0.1) is 5.41 Å². The van der Waals surface area contributed by atoms with E-state index >= 15 is 0 Å². The van der Waals surface area contributed by atoms with Crippen molar-refractivity contribution < 1.29 is 14.2 Å². The van der Waals surface area contributed by atoms with Crippen LogP contribution in [-0.4, -0.2) is 40.9 Å². The van der Waals surface area contributed by atoms with Gasteiger partial charge in [-0.1, -0.05) is 35.9 Å². The van der Waals surface area contributed by atoms with Gasteiger partial charge in [-0.15, -0.1) is 0 Å². The van der Waals surface area contributed by atoms with Crippen molar-refractivity contribution in [3.63, 3.8) is 0 Å². The van der Waals surface area contributed by atoms with E-state index in [4.69, 9.17) is 21.0 Å². The summed E-state index contributed by atoms with van der Waals surface area (Å²) in [7, 11) is 0. The van der Waals surface area contributed by atoms with Crippen LogP contribution in [0.1, 0.15) is 30.9 Å². The molecule has 1 fully saturated rings. The van der Waals surface area contributed by atoms with Crippen molar-refractivity contribution in [3.8, 4) is 0 Å². The summed E-state index contributed by atoms with van der Waals surface area (Å²) in [5.41, 5.74) is 3.26. The third kappa shape index (κ3) is 4.28. The summed E-state index contributed by atoms with van der Waals surface area (Å²) >= 11 is 6.02. The molecule has 2 aromatic carbocycles. The first-order valence-corrected chi connectivity index (χ1v) is 10.3. The largest absolute Gasteiger partial charge is 0.466 e. The molecular formula is C22H24ClN3O3. The van der Waals surface area contributed by atoms with E-state index < -0.39 is 5.41 Å². The zero-order valence-corrected chi connectivity index (χ0v) is 17.2. The molecule has 0 N–H and O–H groups in total. The lowest BCUT2D eigenvalue weighted by atomic mass is 9.73. The number of hydrogen-bond donors (Lipinski definition) is 0. The van der Waals surface area contributed by atoms with E-state index in [0.29, 0.717) is 18.1 Å². The van der Waals surface area contributed by atoms with Gasteiger partial charge in [-0.3, -0.25) is 9.69 Å². The van der Waals surface area contributed by atoms with Crippen molar-refractivity contribution in [2.45, 2.75) is 32.7 Å². The van der Waals surface area contributed by atoms with Gasteiger partial charge >= 0.3 is 5.97 Å². The first kappa shape index (κ1) is 19.9. The number of rotatable bonds is 6. The molecule has 0 unspecified atom stereocenters. The molecule has 0 atom stereocenters. The second-order valence-electron chi connectivity index (χ2n) is 7.63. The van der Waals surface area contributed by atoms with E-state index in [-0.39, 0.29) is 5.97 Å². The van der Waals surface area contributed by atoms with Crippen LogP contribution in [0.2, 0.25) is 5.02 Å². The lowest BCUT2D eigenvalue weighted by Crippen LogP contribution is -2.46. The maximum atomic E-state index is 12.9. The highest BCUT2D eigenvalue weighted by Gasteiger charge is 2.42. The van der Waals surface area contributed by atoms with Crippen molar-refractivity contribution >= 4 is 28.6 Å². The molecule has 29 heavy (non-hydrogen) atoms. The van der Waals surface area contributed by atoms with Gasteiger partial charge < -0.3 is 4.74 Å². The smallest absolute Gasteiger partial charge is 0.312 e. The average Bonchev–Trinajstić information content (AvgIpc) is 3.21. The Morgan fingerprint density at radius 3 is 2.66 bits per heavy atom. The van der Waals surface area contributed by atoms with E-state index in [1.165, 1.54) is 0 Å². The van der Waals surface area contributed by atoms with E-state index in [9.17, 15) is 4.79 Å². The molecule has 3 aromatic rings. The van der Waals surface area contributed by atoms with Crippen LogP contribution >= 0.6 is 11.6 Å². The van der Waals surface area contributed by atoms with Crippen LogP contribution in [0.4, 0.5) is 0 Å². The third-order valence-corrected chi connectivity index (χ3v) is 5.99. The number of carbonyl (C=O) groups is 1. The number of fused-ring (bicyclic) bond motifs is 1. The molecule has 0 radical (unpaired) electrons. The van der Waals surface area contributed by atoms with E-state index in [2.05, 4.69) is 15.2 Å². The number of piperidine rings is 1. The minimum Gasteiger partial charge on any atom is -0.466 e. The number of carbonyl (C=O) groups excluding carboxylic acids is 1. The second kappa shape index (κ2) is 8.51. The summed E-state index contributed by atoms with van der Waals surface area (Å²) in [5, 5.41) is 8.65. The van der Waals surface area contributed by atoms with Gasteiger partial charge in [0.05, 0.1) is 12.0 Å². The Balaban J connectivity index is 1.48. The monoisotopic (exact) mass is 413 g/mol.